The SMILES string of the molecule is CCS(=O)(=O)CCNC(=O)N1CCN(CCC(=O)O)CC1. The van der Waals surface area contributed by atoms with E-state index in [-0.39, 0.29) is 30.5 Å². The Morgan fingerprint density at radius 3 is 2.33 bits per heavy atom. The molecule has 1 fully saturated rings. The second kappa shape index (κ2) is 8.18. The summed E-state index contributed by atoms with van der Waals surface area (Å²) >= 11 is 0. The Balaban J connectivity index is 2.24. The number of nitrogens with one attached hydrogen (secondary N) is 1. The van der Waals surface area contributed by atoms with Crippen LogP contribution < -0.4 is 5.32 Å². The maximum absolute atomic E-state index is 11.9. The first kappa shape index (κ1) is 17.7. The summed E-state index contributed by atoms with van der Waals surface area (Å²) in [5.74, 6) is -0.800. The van der Waals surface area contributed by atoms with Gasteiger partial charge in [-0.3, -0.25) is 9.69 Å². The van der Waals surface area contributed by atoms with E-state index in [0.29, 0.717) is 32.7 Å². The number of aliphatic carboxylic acids is 1. The molecule has 0 bridgehead atoms. The third kappa shape index (κ3) is 6.76. The Kier molecular flexibility index (Phi) is 6.90. The van der Waals surface area contributed by atoms with Gasteiger partial charge in [-0.1, -0.05) is 6.92 Å². The first-order chi connectivity index (χ1) is 9.84. The van der Waals surface area contributed by atoms with Gasteiger partial charge in [0.05, 0.1) is 12.2 Å². The van der Waals surface area contributed by atoms with Gasteiger partial charge in [0.1, 0.15) is 0 Å². The minimum atomic E-state index is -3.07. The van der Waals surface area contributed by atoms with E-state index in [4.69, 9.17) is 5.11 Å². The molecule has 2 N–H and O–H groups in total. The first-order valence-electron chi connectivity index (χ1n) is 7.01. The number of hydrogen-bond acceptors (Lipinski definition) is 5. The molecule has 9 heteroatoms. The average Bonchev–Trinajstić information content (AvgIpc) is 2.45. The highest BCUT2D eigenvalue weighted by molar-refractivity contribution is 7.91. The highest BCUT2D eigenvalue weighted by Gasteiger charge is 2.21. The van der Waals surface area contributed by atoms with Crippen LogP contribution in [0.5, 0.6) is 0 Å². The maximum atomic E-state index is 11.9. The van der Waals surface area contributed by atoms with Gasteiger partial charge in [0, 0.05) is 45.0 Å². The fourth-order valence-electron chi connectivity index (χ4n) is 2.00. The summed E-state index contributed by atoms with van der Waals surface area (Å²) in [4.78, 5) is 26.0. The Morgan fingerprint density at radius 1 is 1.19 bits per heavy atom. The summed E-state index contributed by atoms with van der Waals surface area (Å²) in [6.45, 7) is 4.49. The summed E-state index contributed by atoms with van der Waals surface area (Å²) in [6, 6.07) is -0.265. The zero-order valence-electron chi connectivity index (χ0n) is 12.2. The lowest BCUT2D eigenvalue weighted by Crippen LogP contribution is -2.52. The number of sulfone groups is 1. The van der Waals surface area contributed by atoms with Crippen molar-refractivity contribution < 1.29 is 23.1 Å². The predicted molar refractivity (Wildman–Crippen MR) is 78.0 cm³/mol. The van der Waals surface area contributed by atoms with Gasteiger partial charge < -0.3 is 15.3 Å². The Morgan fingerprint density at radius 2 is 1.81 bits per heavy atom. The molecule has 21 heavy (non-hydrogen) atoms. The van der Waals surface area contributed by atoms with Gasteiger partial charge >= 0.3 is 12.0 Å². The Bertz CT molecular complexity index is 458. The molecule has 0 unspecified atom stereocenters. The number of carbonyl (C=O) groups excluding carboxylic acids is 1. The molecule has 0 aromatic rings. The first-order valence-corrected chi connectivity index (χ1v) is 8.83. The van der Waals surface area contributed by atoms with Crippen LogP contribution in [0.4, 0.5) is 4.79 Å². The van der Waals surface area contributed by atoms with Crippen LogP contribution in [0, 0.1) is 0 Å². The number of nitrogens with zero attached hydrogens (tertiary/aromatic N) is 2. The molecule has 0 aliphatic carbocycles. The molecular weight excluding hydrogens is 298 g/mol. The predicted octanol–water partition coefficient (Wildman–Crippen LogP) is -0.777. The van der Waals surface area contributed by atoms with Gasteiger partial charge in [0.25, 0.3) is 0 Å². The smallest absolute Gasteiger partial charge is 0.317 e. The molecule has 2 amide bonds. The van der Waals surface area contributed by atoms with Gasteiger partial charge in [0.2, 0.25) is 0 Å². The minimum Gasteiger partial charge on any atom is -0.481 e. The molecule has 122 valence electrons. The lowest BCUT2D eigenvalue weighted by molar-refractivity contribution is -0.137. The molecule has 0 aromatic heterocycles. The van der Waals surface area contributed by atoms with Crippen LogP contribution in [-0.2, 0) is 14.6 Å². The second-order valence-corrected chi connectivity index (χ2v) is 7.41. The molecule has 1 aliphatic rings. The van der Waals surface area contributed by atoms with Crippen molar-refractivity contribution in [2.45, 2.75) is 13.3 Å². The Hall–Kier alpha value is -1.35. The number of carbonyl (C=O) groups is 2. The Labute approximate surface area is 125 Å². The molecule has 0 spiro atoms. The number of piperazine rings is 1. The van der Waals surface area contributed by atoms with E-state index in [0.717, 1.165) is 0 Å². The number of amides is 2. The molecular formula is C12H23N3O5S. The molecule has 8 nitrogen and oxygen atoms in total. The summed E-state index contributed by atoms with van der Waals surface area (Å²) in [7, 11) is -3.07. The molecule has 1 heterocycles. The summed E-state index contributed by atoms with van der Waals surface area (Å²) < 4.78 is 22.6. The number of hydrogen-bond donors (Lipinski definition) is 2. The van der Waals surface area contributed by atoms with Crippen molar-refractivity contribution in [1.82, 2.24) is 15.1 Å². The number of carboxylic acids is 1. The maximum Gasteiger partial charge on any atom is 0.317 e. The number of carboxylic acid groups (broad SMARTS) is 1. The van der Waals surface area contributed by atoms with Crippen molar-refractivity contribution in [3.05, 3.63) is 0 Å². The molecule has 1 aliphatic heterocycles. The van der Waals surface area contributed by atoms with Gasteiger partial charge in [-0.15, -0.1) is 0 Å². The topological polar surface area (TPSA) is 107 Å². The van der Waals surface area contributed by atoms with Crippen LogP contribution >= 0.6 is 0 Å². The third-order valence-corrected chi connectivity index (χ3v) is 5.14. The monoisotopic (exact) mass is 321 g/mol. The fourth-order valence-corrected chi connectivity index (χ4v) is 2.70. The zero-order valence-corrected chi connectivity index (χ0v) is 13.1. The van der Waals surface area contributed by atoms with Crippen LogP contribution in [0.3, 0.4) is 0 Å². The zero-order chi connectivity index (χ0) is 15.9. The van der Waals surface area contributed by atoms with Gasteiger partial charge in [0.15, 0.2) is 9.84 Å². The number of rotatable bonds is 7. The van der Waals surface area contributed by atoms with Crippen LogP contribution in [0.15, 0.2) is 0 Å². The van der Waals surface area contributed by atoms with Crippen LogP contribution in [0.25, 0.3) is 0 Å². The van der Waals surface area contributed by atoms with E-state index >= 15 is 0 Å². The van der Waals surface area contributed by atoms with E-state index in [1.54, 1.807) is 11.8 Å². The number of urea groups is 1. The van der Waals surface area contributed by atoms with Gasteiger partial charge in [-0.2, -0.15) is 0 Å². The van der Waals surface area contributed by atoms with E-state index in [1.807, 2.05) is 4.90 Å². The van der Waals surface area contributed by atoms with E-state index in [1.165, 1.54) is 0 Å². The van der Waals surface area contributed by atoms with Crippen molar-refractivity contribution in [2.24, 2.45) is 0 Å². The van der Waals surface area contributed by atoms with Gasteiger partial charge in [-0.05, 0) is 0 Å². The fraction of sp³-hybridized carbons (Fsp3) is 0.833. The van der Waals surface area contributed by atoms with Crippen LogP contribution in [0.1, 0.15) is 13.3 Å². The van der Waals surface area contributed by atoms with E-state index in [2.05, 4.69) is 5.32 Å². The molecule has 0 radical (unpaired) electrons. The van der Waals surface area contributed by atoms with Crippen molar-refractivity contribution in [2.75, 3.05) is 50.8 Å². The summed E-state index contributed by atoms with van der Waals surface area (Å²) in [6.07, 6.45) is 0.0983. The average molecular weight is 321 g/mol. The normalized spacial score (nSPS) is 16.7. The van der Waals surface area contributed by atoms with E-state index < -0.39 is 15.8 Å². The largest absolute Gasteiger partial charge is 0.481 e. The van der Waals surface area contributed by atoms with Crippen molar-refractivity contribution >= 4 is 21.8 Å². The summed E-state index contributed by atoms with van der Waals surface area (Å²) in [5, 5.41) is 11.2. The second-order valence-electron chi connectivity index (χ2n) is 4.94. The third-order valence-electron chi connectivity index (χ3n) is 3.43. The minimum absolute atomic E-state index is 0.0478. The van der Waals surface area contributed by atoms with Crippen LogP contribution in [0.2, 0.25) is 0 Å². The molecule has 1 rings (SSSR count). The highest BCUT2D eigenvalue weighted by atomic mass is 32.2. The van der Waals surface area contributed by atoms with Crippen molar-refractivity contribution in [1.29, 1.82) is 0 Å². The van der Waals surface area contributed by atoms with Crippen molar-refractivity contribution in [3.8, 4) is 0 Å². The molecule has 0 saturated carbocycles. The van der Waals surface area contributed by atoms with Crippen molar-refractivity contribution in [3.63, 3.8) is 0 Å². The highest BCUT2D eigenvalue weighted by Crippen LogP contribution is 2.03. The van der Waals surface area contributed by atoms with E-state index in [9.17, 15) is 18.0 Å². The molecule has 0 aromatic carbocycles. The lowest BCUT2D eigenvalue weighted by Gasteiger charge is -2.34. The standard InChI is InChI=1S/C12H23N3O5S/c1-2-21(19,20)10-4-13-12(18)15-8-6-14(7-9-15)5-3-11(16)17/h2-10H2,1H3,(H,13,18)(H,16,17). The van der Waals surface area contributed by atoms with Gasteiger partial charge in [-0.25, -0.2) is 13.2 Å². The quantitative estimate of drug-likeness (QED) is 0.637. The van der Waals surface area contributed by atoms with Crippen LogP contribution in [-0.4, -0.2) is 86.1 Å². The molecule has 0 atom stereocenters. The summed E-state index contributed by atoms with van der Waals surface area (Å²) in [5.41, 5.74) is 0. The molecule has 1 saturated heterocycles. The lowest BCUT2D eigenvalue weighted by atomic mass is 10.3.